The first-order chi connectivity index (χ1) is 13.1. The first-order valence-electron chi connectivity index (χ1n) is 8.09. The summed E-state index contributed by atoms with van der Waals surface area (Å²) in [6.45, 7) is 2.61. The number of benzene rings is 2. The fourth-order valence-corrected chi connectivity index (χ4v) is 2.67. The average molecular weight is 425 g/mol. The number of amides is 1. The van der Waals surface area contributed by atoms with Crippen molar-refractivity contribution in [3.8, 4) is 29.9 Å². The molecule has 0 unspecified atom stereocenters. The molecule has 0 spiro atoms. The zero-order valence-electron chi connectivity index (χ0n) is 14.7. The maximum Gasteiger partial charge on any atom is 0.266 e. The SMILES string of the molecule is C#CCOc1ccc(/C=C(/C#N)C(=O)Nc2ccc(OCC)cc2)cc1Br. The summed E-state index contributed by atoms with van der Waals surface area (Å²) in [5, 5.41) is 12.0. The Morgan fingerprint density at radius 1 is 1.26 bits per heavy atom. The van der Waals surface area contributed by atoms with Gasteiger partial charge in [0.15, 0.2) is 0 Å². The van der Waals surface area contributed by atoms with E-state index in [-0.39, 0.29) is 12.2 Å². The molecule has 0 aliphatic heterocycles. The smallest absolute Gasteiger partial charge is 0.266 e. The Morgan fingerprint density at radius 2 is 2.00 bits per heavy atom. The Bertz CT molecular complexity index is 922. The van der Waals surface area contributed by atoms with Crippen LogP contribution in [-0.4, -0.2) is 19.1 Å². The summed E-state index contributed by atoms with van der Waals surface area (Å²) >= 11 is 3.38. The van der Waals surface area contributed by atoms with E-state index in [2.05, 4.69) is 27.2 Å². The Labute approximate surface area is 166 Å². The Morgan fingerprint density at radius 3 is 2.59 bits per heavy atom. The van der Waals surface area contributed by atoms with Gasteiger partial charge < -0.3 is 14.8 Å². The molecule has 0 heterocycles. The first kappa shape index (κ1) is 20.1. The fourth-order valence-electron chi connectivity index (χ4n) is 2.16. The van der Waals surface area contributed by atoms with Crippen LogP contribution in [0.5, 0.6) is 11.5 Å². The molecule has 27 heavy (non-hydrogen) atoms. The number of anilines is 1. The van der Waals surface area contributed by atoms with Crippen LogP contribution >= 0.6 is 15.9 Å². The highest BCUT2D eigenvalue weighted by molar-refractivity contribution is 9.10. The summed E-state index contributed by atoms with van der Waals surface area (Å²) in [6.07, 6.45) is 6.67. The third kappa shape index (κ3) is 5.91. The number of hydrogen-bond donors (Lipinski definition) is 1. The van der Waals surface area contributed by atoms with Gasteiger partial charge in [-0.3, -0.25) is 4.79 Å². The maximum atomic E-state index is 12.4. The Kier molecular flexibility index (Phi) is 7.49. The second kappa shape index (κ2) is 10.1. The zero-order chi connectivity index (χ0) is 19.6. The molecule has 0 atom stereocenters. The number of terminal acetylenes is 1. The number of ether oxygens (including phenoxy) is 2. The summed E-state index contributed by atoms with van der Waals surface area (Å²) in [5.74, 6) is 3.19. The lowest BCUT2D eigenvalue weighted by atomic mass is 10.1. The lowest BCUT2D eigenvalue weighted by Gasteiger charge is -2.07. The molecule has 2 rings (SSSR count). The van der Waals surface area contributed by atoms with Crippen LogP contribution in [0.3, 0.4) is 0 Å². The van der Waals surface area contributed by atoms with Crippen LogP contribution in [0.25, 0.3) is 6.08 Å². The highest BCUT2D eigenvalue weighted by Gasteiger charge is 2.10. The highest BCUT2D eigenvalue weighted by atomic mass is 79.9. The van der Waals surface area contributed by atoms with Crippen molar-refractivity contribution in [1.29, 1.82) is 5.26 Å². The van der Waals surface area contributed by atoms with Gasteiger partial charge in [-0.15, -0.1) is 6.42 Å². The number of carbonyl (C=O) groups is 1. The van der Waals surface area contributed by atoms with Gasteiger partial charge in [0.25, 0.3) is 5.91 Å². The molecule has 2 aromatic carbocycles. The van der Waals surface area contributed by atoms with Crippen molar-refractivity contribution in [3.05, 3.63) is 58.1 Å². The van der Waals surface area contributed by atoms with Gasteiger partial charge in [0.2, 0.25) is 0 Å². The molecule has 1 N–H and O–H groups in total. The standard InChI is InChI=1S/C21H17BrN2O3/c1-3-11-27-20-10-5-15(13-19(20)22)12-16(14-23)21(25)24-17-6-8-18(9-7-17)26-4-2/h1,5-10,12-13H,4,11H2,2H3,(H,24,25)/b16-12-. The molecule has 0 saturated carbocycles. The number of carbonyl (C=O) groups excluding carboxylic acids is 1. The molecule has 0 aliphatic carbocycles. The van der Waals surface area contributed by atoms with E-state index in [0.717, 1.165) is 0 Å². The third-order valence-electron chi connectivity index (χ3n) is 3.37. The number of hydrogen-bond acceptors (Lipinski definition) is 4. The molecule has 6 heteroatoms. The van der Waals surface area contributed by atoms with Gasteiger partial charge in [0, 0.05) is 5.69 Å². The van der Waals surface area contributed by atoms with E-state index in [1.165, 1.54) is 6.08 Å². The van der Waals surface area contributed by atoms with E-state index >= 15 is 0 Å². The van der Waals surface area contributed by atoms with E-state index < -0.39 is 5.91 Å². The fraction of sp³-hybridized carbons (Fsp3) is 0.143. The molecule has 136 valence electrons. The number of rotatable bonds is 7. The number of halogens is 1. The van der Waals surface area contributed by atoms with Gasteiger partial charge in [-0.1, -0.05) is 12.0 Å². The van der Waals surface area contributed by atoms with Crippen LogP contribution < -0.4 is 14.8 Å². The lowest BCUT2D eigenvalue weighted by molar-refractivity contribution is -0.112. The normalized spacial score (nSPS) is 10.4. The molecule has 2 aromatic rings. The quantitative estimate of drug-likeness (QED) is 0.406. The zero-order valence-corrected chi connectivity index (χ0v) is 16.2. The lowest BCUT2D eigenvalue weighted by Crippen LogP contribution is -2.13. The molecule has 0 saturated heterocycles. The van der Waals surface area contributed by atoms with Gasteiger partial charge >= 0.3 is 0 Å². The number of nitriles is 1. The van der Waals surface area contributed by atoms with Crippen molar-refractivity contribution in [2.75, 3.05) is 18.5 Å². The minimum absolute atomic E-state index is 0.0203. The molecular weight excluding hydrogens is 408 g/mol. The van der Waals surface area contributed by atoms with Crippen LogP contribution in [0.2, 0.25) is 0 Å². The van der Waals surface area contributed by atoms with Crippen LogP contribution in [-0.2, 0) is 4.79 Å². The monoisotopic (exact) mass is 424 g/mol. The Hall–Kier alpha value is -3.22. The van der Waals surface area contributed by atoms with E-state index in [1.54, 1.807) is 42.5 Å². The van der Waals surface area contributed by atoms with E-state index in [1.807, 2.05) is 13.0 Å². The molecular formula is C21H17BrN2O3. The summed E-state index contributed by atoms with van der Waals surface area (Å²) in [7, 11) is 0. The predicted octanol–water partition coefficient (Wildman–Crippen LogP) is 4.41. The molecule has 0 aromatic heterocycles. The maximum absolute atomic E-state index is 12.4. The molecule has 0 bridgehead atoms. The van der Waals surface area contributed by atoms with E-state index in [9.17, 15) is 10.1 Å². The van der Waals surface area contributed by atoms with Gasteiger partial charge in [0.1, 0.15) is 29.7 Å². The van der Waals surface area contributed by atoms with E-state index in [4.69, 9.17) is 15.9 Å². The Balaban J connectivity index is 2.13. The predicted molar refractivity (Wildman–Crippen MR) is 108 cm³/mol. The highest BCUT2D eigenvalue weighted by Crippen LogP contribution is 2.27. The second-order valence-corrected chi connectivity index (χ2v) is 6.12. The van der Waals surface area contributed by atoms with Crippen molar-refractivity contribution in [2.45, 2.75) is 6.92 Å². The van der Waals surface area contributed by atoms with Gasteiger partial charge in [-0.2, -0.15) is 5.26 Å². The summed E-state index contributed by atoms with van der Waals surface area (Å²) < 4.78 is 11.4. The van der Waals surface area contributed by atoms with Crippen molar-refractivity contribution in [1.82, 2.24) is 0 Å². The molecule has 5 nitrogen and oxygen atoms in total. The average Bonchev–Trinajstić information content (AvgIpc) is 2.67. The minimum Gasteiger partial charge on any atom is -0.494 e. The van der Waals surface area contributed by atoms with E-state index in [0.29, 0.717) is 33.8 Å². The van der Waals surface area contributed by atoms with Crippen molar-refractivity contribution in [3.63, 3.8) is 0 Å². The summed E-state index contributed by atoms with van der Waals surface area (Å²) in [5.41, 5.74) is 1.23. The third-order valence-corrected chi connectivity index (χ3v) is 3.99. The summed E-state index contributed by atoms with van der Waals surface area (Å²) in [4.78, 5) is 12.4. The molecule has 1 amide bonds. The van der Waals surface area contributed by atoms with Crippen LogP contribution in [0.1, 0.15) is 12.5 Å². The number of nitrogens with zero attached hydrogens (tertiary/aromatic N) is 1. The second-order valence-electron chi connectivity index (χ2n) is 5.26. The molecule has 0 fully saturated rings. The van der Waals surface area contributed by atoms with Crippen molar-refractivity contribution >= 4 is 33.6 Å². The first-order valence-corrected chi connectivity index (χ1v) is 8.88. The topological polar surface area (TPSA) is 71.3 Å². The van der Waals surface area contributed by atoms with Crippen molar-refractivity contribution < 1.29 is 14.3 Å². The molecule has 0 radical (unpaired) electrons. The van der Waals surface area contributed by atoms with Crippen LogP contribution in [0.4, 0.5) is 5.69 Å². The van der Waals surface area contributed by atoms with Crippen LogP contribution in [0, 0.1) is 23.7 Å². The van der Waals surface area contributed by atoms with Gasteiger partial charge in [-0.25, -0.2) is 0 Å². The molecule has 0 aliphatic rings. The largest absolute Gasteiger partial charge is 0.494 e. The van der Waals surface area contributed by atoms with Crippen LogP contribution in [0.15, 0.2) is 52.5 Å². The van der Waals surface area contributed by atoms with Gasteiger partial charge in [-0.05, 0) is 70.9 Å². The van der Waals surface area contributed by atoms with Gasteiger partial charge in [0.05, 0.1) is 11.1 Å². The number of nitrogens with one attached hydrogen (secondary N) is 1. The summed E-state index contributed by atoms with van der Waals surface area (Å²) in [6, 6.07) is 14.0. The van der Waals surface area contributed by atoms with Crippen molar-refractivity contribution in [2.24, 2.45) is 0 Å². The minimum atomic E-state index is -0.495.